The van der Waals surface area contributed by atoms with E-state index < -0.39 is 11.7 Å². The third-order valence-corrected chi connectivity index (χ3v) is 1.41. The third kappa shape index (κ3) is 2.65. The van der Waals surface area contributed by atoms with E-state index >= 15 is 0 Å². The Hall–Kier alpha value is -0.940. The Balaban J connectivity index is 2.21. The summed E-state index contributed by atoms with van der Waals surface area (Å²) in [5.41, 5.74) is 1.63. The van der Waals surface area contributed by atoms with Gasteiger partial charge in [-0.15, -0.1) is 0 Å². The zero-order valence-electron chi connectivity index (χ0n) is 5.96. The zero-order chi connectivity index (χ0) is 8.27. The van der Waals surface area contributed by atoms with Crippen LogP contribution in [0.1, 0.15) is 12.8 Å². The molecule has 0 unspecified atom stereocenters. The van der Waals surface area contributed by atoms with Crippen LogP contribution in [0.5, 0.6) is 0 Å². The van der Waals surface area contributed by atoms with Crippen molar-refractivity contribution in [3.05, 3.63) is 0 Å². The maximum atomic E-state index is 10.8. The molecule has 0 aromatic carbocycles. The van der Waals surface area contributed by atoms with E-state index in [-0.39, 0.29) is 12.6 Å². The Morgan fingerprint density at radius 3 is 2.55 bits per heavy atom. The number of nitrogens with one attached hydrogen (secondary N) is 2. The summed E-state index contributed by atoms with van der Waals surface area (Å²) in [6.45, 7) is -0.321. The van der Waals surface area contributed by atoms with Crippen molar-refractivity contribution in [2.24, 2.45) is 0 Å². The van der Waals surface area contributed by atoms with Gasteiger partial charge in [-0.2, -0.15) is 5.48 Å². The second-order valence-corrected chi connectivity index (χ2v) is 2.51. The van der Waals surface area contributed by atoms with Crippen LogP contribution < -0.4 is 10.8 Å². The third-order valence-electron chi connectivity index (χ3n) is 1.41. The van der Waals surface area contributed by atoms with E-state index in [1.807, 2.05) is 0 Å². The molecule has 0 atom stereocenters. The van der Waals surface area contributed by atoms with Gasteiger partial charge in [0.2, 0.25) is 5.78 Å². The van der Waals surface area contributed by atoms with Crippen LogP contribution in [0.4, 0.5) is 0 Å². The molecule has 1 saturated carbocycles. The summed E-state index contributed by atoms with van der Waals surface area (Å²) in [5.74, 6) is -1.26. The highest BCUT2D eigenvalue weighted by molar-refractivity contribution is 6.37. The summed E-state index contributed by atoms with van der Waals surface area (Å²) in [5, 5.41) is 10.6. The van der Waals surface area contributed by atoms with Gasteiger partial charge in [0.15, 0.2) is 0 Å². The van der Waals surface area contributed by atoms with E-state index in [0.29, 0.717) is 0 Å². The minimum Gasteiger partial charge on any atom is -0.347 e. The lowest BCUT2D eigenvalue weighted by Gasteiger charge is -1.99. The summed E-state index contributed by atoms with van der Waals surface area (Å²) in [7, 11) is 0. The predicted octanol–water partition coefficient (Wildman–Crippen LogP) is -1.19. The number of carbonyl (C=O) groups is 2. The molecular weight excluding hydrogens is 148 g/mol. The number of hydroxylamine groups is 1. The summed E-state index contributed by atoms with van der Waals surface area (Å²) in [6.07, 6.45) is 1.90. The van der Waals surface area contributed by atoms with Gasteiger partial charge >= 0.3 is 0 Å². The monoisotopic (exact) mass is 158 g/mol. The van der Waals surface area contributed by atoms with Crippen LogP contribution in [0.25, 0.3) is 0 Å². The van der Waals surface area contributed by atoms with Gasteiger partial charge in [0.05, 0.1) is 6.54 Å². The molecule has 62 valence electrons. The van der Waals surface area contributed by atoms with Gasteiger partial charge in [0.25, 0.3) is 5.91 Å². The molecule has 3 N–H and O–H groups in total. The normalized spacial score (nSPS) is 16.1. The standard InChI is InChI=1S/C6H10N2O3/c9-5(3-7-11)6(10)8-4-1-2-4/h4,7,11H,1-3H2,(H,8,10). The van der Waals surface area contributed by atoms with Crippen molar-refractivity contribution in [2.45, 2.75) is 18.9 Å². The SMILES string of the molecule is O=C(CNO)C(=O)NC1CC1. The maximum absolute atomic E-state index is 10.8. The van der Waals surface area contributed by atoms with Gasteiger partial charge in [-0.05, 0) is 12.8 Å². The van der Waals surface area contributed by atoms with Crippen LogP contribution in [-0.2, 0) is 9.59 Å². The Bertz CT molecular complexity index is 177. The first kappa shape index (κ1) is 8.16. The molecule has 1 aliphatic carbocycles. The topological polar surface area (TPSA) is 78.4 Å². The number of amides is 1. The molecule has 0 radical (unpaired) electrons. The van der Waals surface area contributed by atoms with Crippen molar-refractivity contribution in [2.75, 3.05) is 6.54 Å². The predicted molar refractivity (Wildman–Crippen MR) is 36.0 cm³/mol. The fourth-order valence-electron chi connectivity index (χ4n) is 0.646. The van der Waals surface area contributed by atoms with Crippen molar-refractivity contribution < 1.29 is 14.8 Å². The zero-order valence-corrected chi connectivity index (χ0v) is 5.96. The first-order chi connectivity index (χ1) is 5.24. The van der Waals surface area contributed by atoms with Gasteiger partial charge in [-0.25, -0.2) is 0 Å². The highest BCUT2D eigenvalue weighted by atomic mass is 16.5. The van der Waals surface area contributed by atoms with Crippen LogP contribution in [0, 0.1) is 0 Å². The van der Waals surface area contributed by atoms with Gasteiger partial charge in [0, 0.05) is 6.04 Å². The van der Waals surface area contributed by atoms with E-state index in [2.05, 4.69) is 5.32 Å². The van der Waals surface area contributed by atoms with Crippen molar-refractivity contribution in [1.82, 2.24) is 10.8 Å². The molecule has 5 heteroatoms. The fourth-order valence-corrected chi connectivity index (χ4v) is 0.646. The Kier molecular flexibility index (Phi) is 2.56. The van der Waals surface area contributed by atoms with Crippen molar-refractivity contribution in [3.63, 3.8) is 0 Å². The van der Waals surface area contributed by atoms with Gasteiger partial charge < -0.3 is 10.5 Å². The number of rotatable bonds is 4. The van der Waals surface area contributed by atoms with Crippen LogP contribution >= 0.6 is 0 Å². The fraction of sp³-hybridized carbons (Fsp3) is 0.667. The molecule has 0 bridgehead atoms. The second kappa shape index (κ2) is 3.45. The summed E-state index contributed by atoms with van der Waals surface area (Å²) in [4.78, 5) is 21.4. The molecule has 11 heavy (non-hydrogen) atoms. The van der Waals surface area contributed by atoms with Crippen LogP contribution in [0.2, 0.25) is 0 Å². The molecular formula is C6H10N2O3. The van der Waals surface area contributed by atoms with Gasteiger partial charge in [0.1, 0.15) is 0 Å². The molecule has 1 aliphatic rings. The van der Waals surface area contributed by atoms with Crippen molar-refractivity contribution in [3.8, 4) is 0 Å². The molecule has 1 rings (SSSR count). The quantitative estimate of drug-likeness (QED) is 0.355. The number of carbonyl (C=O) groups excluding carboxylic acids is 2. The summed E-state index contributed by atoms with van der Waals surface area (Å²) in [6, 6.07) is 0.185. The second-order valence-electron chi connectivity index (χ2n) is 2.51. The lowest BCUT2D eigenvalue weighted by atomic mass is 10.4. The summed E-state index contributed by atoms with van der Waals surface area (Å²) >= 11 is 0. The number of hydrogen-bond acceptors (Lipinski definition) is 4. The average molecular weight is 158 g/mol. The molecule has 5 nitrogen and oxygen atoms in total. The van der Waals surface area contributed by atoms with Crippen LogP contribution in [-0.4, -0.2) is 29.5 Å². The minimum absolute atomic E-state index is 0.185. The van der Waals surface area contributed by atoms with Gasteiger partial charge in [-0.1, -0.05) is 0 Å². The lowest BCUT2D eigenvalue weighted by Crippen LogP contribution is -2.37. The molecule has 1 amide bonds. The Labute approximate surface area is 63.7 Å². The van der Waals surface area contributed by atoms with E-state index in [1.54, 1.807) is 5.48 Å². The molecule has 0 aromatic heterocycles. The first-order valence-corrected chi connectivity index (χ1v) is 3.44. The van der Waals surface area contributed by atoms with E-state index in [9.17, 15) is 9.59 Å². The van der Waals surface area contributed by atoms with Crippen LogP contribution in [0.3, 0.4) is 0 Å². The van der Waals surface area contributed by atoms with E-state index in [4.69, 9.17) is 5.21 Å². The molecule has 1 fully saturated rings. The summed E-state index contributed by atoms with van der Waals surface area (Å²) < 4.78 is 0. The van der Waals surface area contributed by atoms with Gasteiger partial charge in [-0.3, -0.25) is 9.59 Å². The number of Topliss-reactive ketones (excluding diaryl/α,β-unsaturated/α-hetero) is 1. The number of ketones is 1. The highest BCUT2D eigenvalue weighted by Gasteiger charge is 2.25. The lowest BCUT2D eigenvalue weighted by molar-refractivity contribution is -0.138. The first-order valence-electron chi connectivity index (χ1n) is 3.44. The minimum atomic E-state index is -0.639. The van der Waals surface area contributed by atoms with Crippen molar-refractivity contribution >= 4 is 11.7 Å². The smallest absolute Gasteiger partial charge is 0.289 e. The largest absolute Gasteiger partial charge is 0.347 e. The molecule has 0 aromatic rings. The van der Waals surface area contributed by atoms with Crippen molar-refractivity contribution in [1.29, 1.82) is 0 Å². The highest BCUT2D eigenvalue weighted by Crippen LogP contribution is 2.18. The van der Waals surface area contributed by atoms with E-state index in [0.717, 1.165) is 12.8 Å². The maximum Gasteiger partial charge on any atom is 0.289 e. The van der Waals surface area contributed by atoms with Crippen LogP contribution in [0.15, 0.2) is 0 Å². The Morgan fingerprint density at radius 1 is 1.45 bits per heavy atom. The number of hydrogen-bond donors (Lipinski definition) is 3. The van der Waals surface area contributed by atoms with E-state index in [1.165, 1.54) is 0 Å². The molecule has 0 heterocycles. The Morgan fingerprint density at radius 2 is 2.09 bits per heavy atom. The molecule has 0 saturated heterocycles. The molecule has 0 aliphatic heterocycles. The average Bonchev–Trinajstić information content (AvgIpc) is 2.72. The molecule has 0 spiro atoms.